The van der Waals surface area contributed by atoms with Crippen LogP contribution in [0.5, 0.6) is 0 Å². The van der Waals surface area contributed by atoms with E-state index in [-0.39, 0.29) is 0 Å². The van der Waals surface area contributed by atoms with Gasteiger partial charge in [-0.2, -0.15) is 0 Å². The lowest BCUT2D eigenvalue weighted by molar-refractivity contribution is 0.416. The van der Waals surface area contributed by atoms with Crippen LogP contribution in [-0.2, 0) is 4.74 Å². The minimum Gasteiger partial charge on any atom is -0.486 e. The van der Waals surface area contributed by atoms with Gasteiger partial charge in [0.2, 0.25) is 0 Å². The molecular weight excluding hydrogens is 215 g/mol. The molecule has 0 atom stereocenters. The molecule has 0 aromatic heterocycles. The number of benzene rings is 1. The van der Waals surface area contributed by atoms with E-state index in [2.05, 4.69) is 0 Å². The van der Waals surface area contributed by atoms with Crippen molar-refractivity contribution in [3.8, 4) is 0 Å². The fraction of sp³-hybridized carbons (Fsp3) is 0.125. The van der Waals surface area contributed by atoms with Crippen molar-refractivity contribution in [2.75, 3.05) is 7.11 Å². The Hall–Kier alpha value is -0.310. The molecule has 0 unspecified atom stereocenters. The van der Waals surface area contributed by atoms with Crippen molar-refractivity contribution in [3.63, 3.8) is 0 Å². The molecule has 1 aromatic carbocycles. The van der Waals surface area contributed by atoms with Crippen LogP contribution in [0.25, 0.3) is 0 Å². The monoisotopic (exact) mass is 220 g/mol. The van der Waals surface area contributed by atoms with Crippen LogP contribution in [0.4, 0.5) is 0 Å². The van der Waals surface area contributed by atoms with E-state index in [0.29, 0.717) is 20.7 Å². The van der Waals surface area contributed by atoms with E-state index in [1.165, 1.54) is 7.11 Å². The van der Waals surface area contributed by atoms with Crippen molar-refractivity contribution < 1.29 is 4.74 Å². The predicted octanol–water partition coefficient (Wildman–Crippen LogP) is 3.32. The average Bonchev–Trinajstić information content (AvgIpc) is 2.08. The smallest absolute Gasteiger partial charge is 0.192 e. The van der Waals surface area contributed by atoms with Crippen molar-refractivity contribution in [2.24, 2.45) is 0 Å². The molecule has 0 spiro atoms. The highest BCUT2D eigenvalue weighted by atomic mass is 35.5. The maximum absolute atomic E-state index is 5.84. The summed E-state index contributed by atoms with van der Waals surface area (Å²) >= 11 is 16.5. The van der Waals surface area contributed by atoms with Crippen LogP contribution in [0.15, 0.2) is 18.2 Å². The zero-order valence-electron chi connectivity index (χ0n) is 6.30. The highest BCUT2D eigenvalue weighted by molar-refractivity contribution is 7.80. The van der Waals surface area contributed by atoms with Gasteiger partial charge < -0.3 is 4.74 Å². The van der Waals surface area contributed by atoms with Crippen molar-refractivity contribution >= 4 is 40.5 Å². The van der Waals surface area contributed by atoms with E-state index >= 15 is 0 Å². The Kier molecular flexibility index (Phi) is 3.32. The minimum absolute atomic E-state index is 0.350. The first-order chi connectivity index (χ1) is 5.65. The second kappa shape index (κ2) is 4.08. The molecule has 0 aliphatic carbocycles. The van der Waals surface area contributed by atoms with Gasteiger partial charge in [-0.25, -0.2) is 0 Å². The van der Waals surface area contributed by atoms with Crippen LogP contribution in [0.2, 0.25) is 10.0 Å². The molecule has 0 fully saturated rings. The first-order valence-electron chi connectivity index (χ1n) is 3.18. The topological polar surface area (TPSA) is 9.23 Å². The third-order valence-electron chi connectivity index (χ3n) is 1.33. The molecule has 0 saturated heterocycles. The molecule has 4 heteroatoms. The van der Waals surface area contributed by atoms with Crippen LogP contribution in [-0.4, -0.2) is 12.2 Å². The van der Waals surface area contributed by atoms with E-state index in [9.17, 15) is 0 Å². The Morgan fingerprint density at radius 2 is 2.08 bits per heavy atom. The molecule has 0 heterocycles. The van der Waals surface area contributed by atoms with Crippen molar-refractivity contribution in [2.45, 2.75) is 0 Å². The summed E-state index contributed by atoms with van der Waals surface area (Å²) in [7, 11) is 1.50. The Morgan fingerprint density at radius 3 is 2.67 bits per heavy atom. The third kappa shape index (κ3) is 2.09. The highest BCUT2D eigenvalue weighted by Gasteiger charge is 2.06. The number of halogens is 2. The zero-order chi connectivity index (χ0) is 9.14. The van der Waals surface area contributed by atoms with Gasteiger partial charge in [-0.3, -0.25) is 0 Å². The zero-order valence-corrected chi connectivity index (χ0v) is 8.63. The quantitative estimate of drug-likeness (QED) is 0.672. The van der Waals surface area contributed by atoms with Gasteiger partial charge in [-0.1, -0.05) is 23.2 Å². The molecule has 0 aliphatic rings. The van der Waals surface area contributed by atoms with Crippen molar-refractivity contribution in [1.82, 2.24) is 0 Å². The van der Waals surface area contributed by atoms with Gasteiger partial charge in [0.15, 0.2) is 5.05 Å². The second-order valence-corrected chi connectivity index (χ2v) is 3.33. The Morgan fingerprint density at radius 1 is 1.42 bits per heavy atom. The summed E-state index contributed by atoms with van der Waals surface area (Å²) in [4.78, 5) is 0. The molecule has 0 saturated carbocycles. The summed E-state index contributed by atoms with van der Waals surface area (Å²) in [6.45, 7) is 0. The van der Waals surface area contributed by atoms with Gasteiger partial charge in [0, 0.05) is 10.6 Å². The number of rotatable bonds is 1. The molecule has 64 valence electrons. The lowest BCUT2D eigenvalue weighted by atomic mass is 10.2. The van der Waals surface area contributed by atoms with Crippen molar-refractivity contribution in [3.05, 3.63) is 33.8 Å². The molecule has 0 bridgehead atoms. The molecule has 0 radical (unpaired) electrons. The van der Waals surface area contributed by atoms with Crippen LogP contribution in [0, 0.1) is 0 Å². The van der Waals surface area contributed by atoms with Crippen LogP contribution >= 0.6 is 35.4 Å². The first-order valence-corrected chi connectivity index (χ1v) is 4.35. The van der Waals surface area contributed by atoms with Gasteiger partial charge >= 0.3 is 0 Å². The van der Waals surface area contributed by atoms with E-state index in [1.54, 1.807) is 18.2 Å². The van der Waals surface area contributed by atoms with Gasteiger partial charge in [0.25, 0.3) is 0 Å². The fourth-order valence-electron chi connectivity index (χ4n) is 0.764. The molecule has 1 nitrogen and oxygen atoms in total. The standard InChI is InChI=1S/C8H6Cl2OS/c1-11-8(12)6-4-5(9)2-3-7(6)10/h2-4H,1H3. The molecule has 1 rings (SSSR count). The lowest BCUT2D eigenvalue weighted by Crippen LogP contribution is -1.99. The summed E-state index contributed by atoms with van der Waals surface area (Å²) < 4.78 is 4.86. The van der Waals surface area contributed by atoms with Crippen LogP contribution in [0.3, 0.4) is 0 Å². The SMILES string of the molecule is COC(=S)c1cc(Cl)ccc1Cl. The summed E-state index contributed by atoms with van der Waals surface area (Å²) in [6, 6.07) is 5.06. The third-order valence-corrected chi connectivity index (χ3v) is 2.28. The Bertz CT molecular complexity index is 312. The van der Waals surface area contributed by atoms with Gasteiger partial charge in [0.1, 0.15) is 0 Å². The predicted molar refractivity (Wildman–Crippen MR) is 55.2 cm³/mol. The summed E-state index contributed by atoms with van der Waals surface area (Å²) in [5.74, 6) is 0. The normalized spacial score (nSPS) is 9.58. The molecule has 0 N–H and O–H groups in total. The molecule has 0 amide bonds. The Balaban J connectivity index is 3.13. The number of hydrogen-bond acceptors (Lipinski definition) is 2. The Labute approximate surface area is 86.2 Å². The van der Waals surface area contributed by atoms with Crippen LogP contribution < -0.4 is 0 Å². The first kappa shape index (κ1) is 9.78. The number of thiocarbonyl (C=S) groups is 1. The van der Waals surface area contributed by atoms with E-state index in [1.807, 2.05) is 0 Å². The van der Waals surface area contributed by atoms with Gasteiger partial charge in [-0.15, -0.1) is 0 Å². The minimum atomic E-state index is 0.350. The van der Waals surface area contributed by atoms with E-state index in [0.717, 1.165) is 0 Å². The van der Waals surface area contributed by atoms with E-state index in [4.69, 9.17) is 40.2 Å². The average molecular weight is 221 g/mol. The molecule has 0 aliphatic heterocycles. The number of hydrogen-bond donors (Lipinski definition) is 0. The van der Waals surface area contributed by atoms with Gasteiger partial charge in [-0.05, 0) is 30.4 Å². The van der Waals surface area contributed by atoms with Gasteiger partial charge in [0.05, 0.1) is 12.1 Å². The maximum Gasteiger partial charge on any atom is 0.192 e. The summed E-state index contributed by atoms with van der Waals surface area (Å²) in [6.07, 6.45) is 0. The largest absolute Gasteiger partial charge is 0.486 e. The fourth-order valence-corrected chi connectivity index (χ4v) is 1.36. The molecular formula is C8H6Cl2OS. The lowest BCUT2D eigenvalue weighted by Gasteiger charge is -2.04. The molecule has 1 aromatic rings. The summed E-state index contributed by atoms with van der Waals surface area (Å²) in [5, 5.41) is 1.49. The second-order valence-electron chi connectivity index (χ2n) is 2.12. The number of ether oxygens (including phenoxy) is 1. The summed E-state index contributed by atoms with van der Waals surface area (Å²) in [5.41, 5.74) is 0.654. The highest BCUT2D eigenvalue weighted by Crippen LogP contribution is 2.21. The number of methoxy groups -OCH3 is 1. The van der Waals surface area contributed by atoms with E-state index < -0.39 is 0 Å². The maximum atomic E-state index is 5.84. The van der Waals surface area contributed by atoms with Crippen molar-refractivity contribution in [1.29, 1.82) is 0 Å². The molecule has 12 heavy (non-hydrogen) atoms. The van der Waals surface area contributed by atoms with Crippen LogP contribution in [0.1, 0.15) is 5.56 Å².